The largest absolute Gasteiger partial charge is 0.270 e. The van der Waals surface area contributed by atoms with E-state index in [0.717, 1.165) is 0 Å². The van der Waals surface area contributed by atoms with Crippen molar-refractivity contribution in [2.24, 2.45) is 0 Å². The summed E-state index contributed by atoms with van der Waals surface area (Å²) >= 11 is 0. The minimum absolute atomic E-state index is 0. The minimum atomic E-state index is -0.540. The maximum Gasteiger partial charge on any atom is 0.0299 e. The fourth-order valence-electron chi connectivity index (χ4n) is 6.00. The van der Waals surface area contributed by atoms with Gasteiger partial charge in [0.05, 0.1) is 0 Å². The van der Waals surface area contributed by atoms with Crippen molar-refractivity contribution in [2.45, 2.75) is 37.8 Å². The molecular formula is C32H34N2P2Rh. The van der Waals surface area contributed by atoms with Crippen LogP contribution in [0.4, 0.5) is 0 Å². The maximum atomic E-state index is 2.91. The Morgan fingerprint density at radius 2 is 0.703 bits per heavy atom. The van der Waals surface area contributed by atoms with Crippen LogP contribution in [0.1, 0.15) is 25.7 Å². The van der Waals surface area contributed by atoms with Gasteiger partial charge in [0, 0.05) is 60.8 Å². The van der Waals surface area contributed by atoms with Gasteiger partial charge in [0.2, 0.25) is 0 Å². The number of benzene rings is 4. The first-order valence-electron chi connectivity index (χ1n) is 13.2. The van der Waals surface area contributed by atoms with Gasteiger partial charge in [-0.05, 0) is 46.9 Å². The van der Waals surface area contributed by atoms with Crippen LogP contribution >= 0.6 is 16.1 Å². The van der Waals surface area contributed by atoms with E-state index in [1.54, 1.807) is 0 Å². The molecule has 4 aromatic carbocycles. The molecule has 2 fully saturated rings. The molecule has 2 aliphatic rings. The molecule has 2 heterocycles. The summed E-state index contributed by atoms with van der Waals surface area (Å²) < 4.78 is 5.82. The normalized spacial score (nSPS) is 20.4. The zero-order chi connectivity index (χ0) is 24.2. The van der Waals surface area contributed by atoms with Crippen LogP contribution in [0.5, 0.6) is 0 Å². The van der Waals surface area contributed by atoms with Crippen molar-refractivity contribution in [3.05, 3.63) is 121 Å². The molecule has 0 saturated carbocycles. The first kappa shape index (κ1) is 26.9. The van der Waals surface area contributed by atoms with E-state index in [-0.39, 0.29) is 19.5 Å². The van der Waals surface area contributed by atoms with Crippen molar-refractivity contribution >= 4 is 37.4 Å². The van der Waals surface area contributed by atoms with Gasteiger partial charge in [0.15, 0.2) is 0 Å². The predicted molar refractivity (Wildman–Crippen MR) is 158 cm³/mol. The van der Waals surface area contributed by atoms with Gasteiger partial charge in [0.1, 0.15) is 0 Å². The zero-order valence-corrected chi connectivity index (χ0v) is 24.5. The summed E-state index contributed by atoms with van der Waals surface area (Å²) in [5.41, 5.74) is 0. The second kappa shape index (κ2) is 12.9. The van der Waals surface area contributed by atoms with E-state index in [0.29, 0.717) is 12.1 Å². The summed E-state index contributed by atoms with van der Waals surface area (Å²) in [7, 11) is -1.08. The minimum Gasteiger partial charge on any atom is -0.270 e. The Labute approximate surface area is 237 Å². The van der Waals surface area contributed by atoms with E-state index >= 15 is 0 Å². The van der Waals surface area contributed by atoms with Gasteiger partial charge in [-0.2, -0.15) is 0 Å². The first-order chi connectivity index (χ1) is 17.9. The van der Waals surface area contributed by atoms with Crippen LogP contribution in [0, 0.1) is 0 Å². The van der Waals surface area contributed by atoms with E-state index in [1.165, 1.54) is 60.0 Å². The fraction of sp³-hybridized carbons (Fsp3) is 0.250. The average Bonchev–Trinajstić information content (AvgIpc) is 3.62. The number of hydrogen-bond donors (Lipinski definition) is 0. The SMILES string of the molecule is [Rh].c1ccc(P(c2ccccc2)N2CCC[C@H]2[C@@H]2CCCN2P(c2ccccc2)c2ccccc2)cc1. The van der Waals surface area contributed by atoms with Gasteiger partial charge in [-0.25, -0.2) is 0 Å². The quantitative estimate of drug-likeness (QED) is 0.187. The fourth-order valence-corrected chi connectivity index (χ4v) is 11.4. The van der Waals surface area contributed by atoms with Crippen LogP contribution in [-0.2, 0) is 19.5 Å². The van der Waals surface area contributed by atoms with E-state index in [2.05, 4.69) is 131 Å². The molecule has 0 spiro atoms. The van der Waals surface area contributed by atoms with Crippen molar-refractivity contribution in [2.75, 3.05) is 13.1 Å². The van der Waals surface area contributed by atoms with Crippen molar-refractivity contribution in [3.63, 3.8) is 0 Å². The third-order valence-corrected chi connectivity index (χ3v) is 12.7. The van der Waals surface area contributed by atoms with Crippen LogP contribution in [0.2, 0.25) is 0 Å². The van der Waals surface area contributed by atoms with Gasteiger partial charge in [-0.15, -0.1) is 0 Å². The summed E-state index contributed by atoms with van der Waals surface area (Å²) in [6.45, 7) is 2.39. The second-order valence-corrected chi connectivity index (χ2v) is 14.1. The molecule has 6 rings (SSSR count). The molecule has 1 radical (unpaired) electrons. The number of hydrogen-bond acceptors (Lipinski definition) is 2. The second-order valence-electron chi connectivity index (χ2n) is 9.71. The van der Waals surface area contributed by atoms with Gasteiger partial charge < -0.3 is 0 Å². The zero-order valence-electron chi connectivity index (χ0n) is 21.1. The molecule has 191 valence electrons. The van der Waals surface area contributed by atoms with Crippen molar-refractivity contribution < 1.29 is 19.5 Å². The molecule has 2 atom stereocenters. The molecule has 0 aliphatic carbocycles. The van der Waals surface area contributed by atoms with Crippen LogP contribution in [-0.4, -0.2) is 34.5 Å². The summed E-state index contributed by atoms with van der Waals surface area (Å²) in [5.74, 6) is 0. The molecule has 0 unspecified atom stereocenters. The van der Waals surface area contributed by atoms with E-state index in [4.69, 9.17) is 0 Å². The Morgan fingerprint density at radius 3 is 0.973 bits per heavy atom. The molecule has 2 saturated heterocycles. The Balaban J connectivity index is 0.00000280. The van der Waals surface area contributed by atoms with Crippen molar-refractivity contribution in [1.29, 1.82) is 0 Å². The molecule has 37 heavy (non-hydrogen) atoms. The molecule has 0 aromatic heterocycles. The van der Waals surface area contributed by atoms with E-state index < -0.39 is 16.1 Å². The molecule has 0 N–H and O–H groups in total. The number of nitrogens with zero attached hydrogens (tertiary/aromatic N) is 2. The third-order valence-electron chi connectivity index (χ3n) is 7.50. The van der Waals surface area contributed by atoms with Gasteiger partial charge in [-0.3, -0.25) is 9.34 Å². The van der Waals surface area contributed by atoms with Crippen LogP contribution in [0.15, 0.2) is 121 Å². The predicted octanol–water partition coefficient (Wildman–Crippen LogP) is 6.01. The standard InChI is InChI=1S/C32H34N2P2.Rh/c1-5-15-27(16-6-1)35(28-17-7-2-8-18-28)33-25-13-23-31(33)32-24-14-26-34(32)36(29-19-9-3-10-20-29)30-21-11-4-12-22-30;/h1-12,15-22,31-32H,13-14,23-26H2;/t31-,32-;/m0./s1. The average molecular weight is 611 g/mol. The van der Waals surface area contributed by atoms with E-state index in [9.17, 15) is 0 Å². The first-order valence-corrected chi connectivity index (χ1v) is 15.8. The smallest absolute Gasteiger partial charge is 0.0299 e. The van der Waals surface area contributed by atoms with Gasteiger partial charge in [-0.1, -0.05) is 121 Å². The summed E-state index contributed by atoms with van der Waals surface area (Å²) in [6.07, 6.45) is 5.18. The van der Waals surface area contributed by atoms with Gasteiger partial charge in [0.25, 0.3) is 0 Å². The van der Waals surface area contributed by atoms with E-state index in [1.807, 2.05) is 0 Å². The Morgan fingerprint density at radius 1 is 0.432 bits per heavy atom. The molecule has 0 bridgehead atoms. The molecule has 2 aliphatic heterocycles. The Bertz CT molecular complexity index is 1050. The molecule has 4 aromatic rings. The Kier molecular flexibility index (Phi) is 9.36. The maximum absolute atomic E-state index is 2.91. The van der Waals surface area contributed by atoms with Crippen molar-refractivity contribution in [3.8, 4) is 0 Å². The number of rotatable bonds is 7. The summed E-state index contributed by atoms with van der Waals surface area (Å²) in [5, 5.41) is 5.90. The molecular weight excluding hydrogens is 577 g/mol. The summed E-state index contributed by atoms with van der Waals surface area (Å²) in [6, 6.07) is 46.3. The summed E-state index contributed by atoms with van der Waals surface area (Å²) in [4.78, 5) is 0. The van der Waals surface area contributed by atoms with Crippen LogP contribution < -0.4 is 21.2 Å². The molecule has 5 heteroatoms. The van der Waals surface area contributed by atoms with Gasteiger partial charge >= 0.3 is 0 Å². The van der Waals surface area contributed by atoms with Crippen molar-refractivity contribution in [1.82, 2.24) is 9.34 Å². The Hall–Kier alpha value is -1.72. The van der Waals surface area contributed by atoms with Crippen LogP contribution in [0.25, 0.3) is 0 Å². The van der Waals surface area contributed by atoms with Crippen LogP contribution in [0.3, 0.4) is 0 Å². The molecule has 2 nitrogen and oxygen atoms in total. The monoisotopic (exact) mass is 611 g/mol. The third kappa shape index (κ3) is 5.83. The topological polar surface area (TPSA) is 6.48 Å². The molecule has 0 amide bonds.